The van der Waals surface area contributed by atoms with Gasteiger partial charge in [0.05, 0.1) is 12.5 Å². The lowest BCUT2D eigenvalue weighted by molar-refractivity contribution is 0.274. The average Bonchev–Trinajstić information content (AvgIpc) is 2.56. The molecule has 10 heavy (non-hydrogen) atoms. The number of hydrogen-bond acceptors (Lipinski definition) is 2. The summed E-state index contributed by atoms with van der Waals surface area (Å²) in [5.41, 5.74) is 1.24. The predicted molar refractivity (Wildman–Crippen MR) is 36.6 cm³/mol. The molecule has 0 radical (unpaired) electrons. The van der Waals surface area contributed by atoms with Gasteiger partial charge in [-0.05, 0) is 29.9 Å². The van der Waals surface area contributed by atoms with Gasteiger partial charge in [0.2, 0.25) is 0 Å². The van der Waals surface area contributed by atoms with Crippen molar-refractivity contribution in [2.24, 2.45) is 5.92 Å². The molecule has 1 aromatic heterocycles. The van der Waals surface area contributed by atoms with E-state index in [-0.39, 0.29) is 0 Å². The van der Waals surface area contributed by atoms with Gasteiger partial charge in [-0.15, -0.1) is 0 Å². The maximum absolute atomic E-state index is 8.74. The number of furan rings is 1. The van der Waals surface area contributed by atoms with Gasteiger partial charge in [-0.2, -0.15) is 0 Å². The molecular weight excluding hydrogens is 128 g/mol. The molecule has 54 valence electrons. The number of hydrogen-bond donors (Lipinski definition) is 1. The lowest BCUT2D eigenvalue weighted by atomic mass is 10.2. The van der Waals surface area contributed by atoms with Crippen LogP contribution in [0, 0.1) is 5.92 Å². The van der Waals surface area contributed by atoms with E-state index in [1.165, 1.54) is 5.56 Å². The highest BCUT2D eigenvalue weighted by molar-refractivity contribution is 5.20. The first kappa shape index (κ1) is 5.98. The van der Waals surface area contributed by atoms with E-state index in [2.05, 4.69) is 0 Å². The van der Waals surface area contributed by atoms with Crippen LogP contribution in [-0.4, -0.2) is 11.7 Å². The van der Waals surface area contributed by atoms with Crippen LogP contribution in [0.5, 0.6) is 0 Å². The third-order valence-corrected chi connectivity index (χ3v) is 2.13. The van der Waals surface area contributed by atoms with Gasteiger partial charge >= 0.3 is 0 Å². The van der Waals surface area contributed by atoms with Crippen molar-refractivity contribution in [3.8, 4) is 0 Å². The molecular formula is C8H10O2. The molecule has 0 amide bonds. The molecule has 0 aromatic carbocycles. The Balaban J connectivity index is 2.05. The van der Waals surface area contributed by atoms with Gasteiger partial charge in [0.15, 0.2) is 0 Å². The van der Waals surface area contributed by atoms with E-state index in [9.17, 15) is 0 Å². The summed E-state index contributed by atoms with van der Waals surface area (Å²) in [7, 11) is 0. The molecule has 0 aliphatic heterocycles. The van der Waals surface area contributed by atoms with Crippen LogP contribution >= 0.6 is 0 Å². The van der Waals surface area contributed by atoms with Crippen molar-refractivity contribution in [3.05, 3.63) is 24.2 Å². The molecule has 1 N–H and O–H groups in total. The third kappa shape index (κ3) is 0.847. The van der Waals surface area contributed by atoms with E-state index >= 15 is 0 Å². The standard InChI is InChI=1S/C8H10O2/c9-4-7-3-8(7)6-1-2-10-5-6/h1-2,5,7-9H,3-4H2/t7-,8-/m0/s1. The zero-order valence-electron chi connectivity index (χ0n) is 5.66. The highest BCUT2D eigenvalue weighted by Crippen LogP contribution is 2.46. The normalized spacial score (nSPS) is 30.5. The van der Waals surface area contributed by atoms with E-state index in [4.69, 9.17) is 9.52 Å². The van der Waals surface area contributed by atoms with Crippen molar-refractivity contribution in [2.45, 2.75) is 12.3 Å². The minimum atomic E-state index is 0.315. The summed E-state index contributed by atoms with van der Waals surface area (Å²) in [6.45, 7) is 0.315. The van der Waals surface area contributed by atoms with Gasteiger partial charge in [0, 0.05) is 6.61 Å². The largest absolute Gasteiger partial charge is 0.472 e. The lowest BCUT2D eigenvalue weighted by Crippen LogP contribution is -1.86. The molecule has 1 aliphatic carbocycles. The molecule has 1 heterocycles. The van der Waals surface area contributed by atoms with Crippen LogP contribution in [0.15, 0.2) is 23.0 Å². The Morgan fingerprint density at radius 1 is 1.70 bits per heavy atom. The Bertz CT molecular complexity index is 203. The van der Waals surface area contributed by atoms with E-state index < -0.39 is 0 Å². The monoisotopic (exact) mass is 138 g/mol. The maximum atomic E-state index is 8.74. The Morgan fingerprint density at radius 3 is 3.10 bits per heavy atom. The lowest BCUT2D eigenvalue weighted by Gasteiger charge is -1.88. The first-order valence-electron chi connectivity index (χ1n) is 3.55. The predicted octanol–water partition coefficient (Wildman–Crippen LogP) is 1.38. The molecule has 1 aromatic rings. The SMILES string of the molecule is OC[C@@H]1C[C@H]1c1ccoc1. The molecule has 2 heteroatoms. The summed E-state index contributed by atoms with van der Waals surface area (Å²) < 4.78 is 4.93. The molecule has 0 unspecified atom stereocenters. The Morgan fingerprint density at radius 2 is 2.60 bits per heavy atom. The first-order chi connectivity index (χ1) is 4.92. The maximum Gasteiger partial charge on any atom is 0.0937 e. The number of rotatable bonds is 2. The van der Waals surface area contributed by atoms with Gasteiger partial charge in [-0.3, -0.25) is 0 Å². The fourth-order valence-electron chi connectivity index (χ4n) is 1.34. The summed E-state index contributed by atoms with van der Waals surface area (Å²) >= 11 is 0. The Labute approximate surface area is 59.5 Å². The zero-order chi connectivity index (χ0) is 6.97. The zero-order valence-corrected chi connectivity index (χ0v) is 5.66. The van der Waals surface area contributed by atoms with Gasteiger partial charge in [-0.25, -0.2) is 0 Å². The van der Waals surface area contributed by atoms with Gasteiger partial charge in [-0.1, -0.05) is 0 Å². The van der Waals surface area contributed by atoms with Gasteiger partial charge < -0.3 is 9.52 Å². The van der Waals surface area contributed by atoms with Crippen molar-refractivity contribution in [1.29, 1.82) is 0 Å². The Kier molecular flexibility index (Phi) is 1.27. The van der Waals surface area contributed by atoms with E-state index in [1.54, 1.807) is 12.5 Å². The van der Waals surface area contributed by atoms with Crippen LogP contribution in [-0.2, 0) is 0 Å². The van der Waals surface area contributed by atoms with Crippen molar-refractivity contribution in [1.82, 2.24) is 0 Å². The molecule has 0 spiro atoms. The quantitative estimate of drug-likeness (QED) is 0.669. The molecule has 1 aliphatic rings. The van der Waals surface area contributed by atoms with E-state index in [0.29, 0.717) is 18.4 Å². The van der Waals surface area contributed by atoms with Crippen molar-refractivity contribution in [2.75, 3.05) is 6.61 Å². The van der Waals surface area contributed by atoms with Crippen LogP contribution in [0.2, 0.25) is 0 Å². The fourth-order valence-corrected chi connectivity index (χ4v) is 1.34. The molecule has 1 fully saturated rings. The highest BCUT2D eigenvalue weighted by atomic mass is 16.3. The minimum absolute atomic E-state index is 0.315. The van der Waals surface area contributed by atoms with Crippen LogP contribution < -0.4 is 0 Å². The summed E-state index contributed by atoms with van der Waals surface area (Å²) in [4.78, 5) is 0. The third-order valence-electron chi connectivity index (χ3n) is 2.13. The fraction of sp³-hybridized carbons (Fsp3) is 0.500. The smallest absolute Gasteiger partial charge is 0.0937 e. The van der Waals surface area contributed by atoms with Crippen LogP contribution in [0.1, 0.15) is 17.9 Å². The number of aliphatic hydroxyl groups excluding tert-OH is 1. The van der Waals surface area contributed by atoms with Crippen LogP contribution in [0.3, 0.4) is 0 Å². The van der Waals surface area contributed by atoms with Crippen molar-refractivity contribution < 1.29 is 9.52 Å². The van der Waals surface area contributed by atoms with Crippen LogP contribution in [0.4, 0.5) is 0 Å². The molecule has 1 saturated carbocycles. The summed E-state index contributed by atoms with van der Waals surface area (Å²) in [5.74, 6) is 1.07. The second kappa shape index (κ2) is 2.13. The summed E-state index contributed by atoms with van der Waals surface area (Å²) in [6, 6.07) is 1.97. The van der Waals surface area contributed by atoms with Crippen molar-refractivity contribution in [3.63, 3.8) is 0 Å². The summed E-state index contributed by atoms with van der Waals surface area (Å²) in [5, 5.41) is 8.74. The molecule has 0 saturated heterocycles. The van der Waals surface area contributed by atoms with Crippen LogP contribution in [0.25, 0.3) is 0 Å². The molecule has 2 atom stereocenters. The molecule has 2 nitrogen and oxygen atoms in total. The van der Waals surface area contributed by atoms with E-state index in [0.717, 1.165) is 6.42 Å². The summed E-state index contributed by atoms with van der Waals surface area (Å²) in [6.07, 6.45) is 4.57. The van der Waals surface area contributed by atoms with Crippen molar-refractivity contribution >= 4 is 0 Å². The Hall–Kier alpha value is -0.760. The second-order valence-electron chi connectivity index (χ2n) is 2.84. The minimum Gasteiger partial charge on any atom is -0.472 e. The average molecular weight is 138 g/mol. The van der Waals surface area contributed by atoms with E-state index in [1.807, 2.05) is 6.07 Å². The number of aliphatic hydroxyl groups is 1. The van der Waals surface area contributed by atoms with Gasteiger partial charge in [0.1, 0.15) is 0 Å². The highest BCUT2D eigenvalue weighted by Gasteiger charge is 2.37. The second-order valence-corrected chi connectivity index (χ2v) is 2.84. The first-order valence-corrected chi connectivity index (χ1v) is 3.55. The molecule has 0 bridgehead atoms. The topological polar surface area (TPSA) is 33.4 Å². The van der Waals surface area contributed by atoms with Gasteiger partial charge in [0.25, 0.3) is 0 Å². The molecule has 2 rings (SSSR count).